The van der Waals surface area contributed by atoms with E-state index in [0.717, 1.165) is 52.1 Å². The summed E-state index contributed by atoms with van der Waals surface area (Å²) in [5.74, 6) is -0.410. The second kappa shape index (κ2) is 10.8. The third kappa shape index (κ3) is 5.08. The summed E-state index contributed by atoms with van der Waals surface area (Å²) < 4.78 is 0.832. The van der Waals surface area contributed by atoms with Crippen molar-refractivity contribution in [1.29, 1.82) is 0 Å². The summed E-state index contributed by atoms with van der Waals surface area (Å²) in [5, 5.41) is 0. The third-order valence-corrected chi connectivity index (χ3v) is 7.42. The van der Waals surface area contributed by atoms with Gasteiger partial charge in [0.2, 0.25) is 0 Å². The number of carbonyl (C=O) groups is 1. The molecule has 162 valence electrons. The van der Waals surface area contributed by atoms with Crippen molar-refractivity contribution in [3.8, 4) is 0 Å². The minimum atomic E-state index is -0.474. The number of allylic oxidation sites excluding steroid dienone is 1. The Morgan fingerprint density at radius 3 is 1.81 bits per heavy atom. The van der Waals surface area contributed by atoms with Crippen molar-refractivity contribution in [3.05, 3.63) is 112 Å². The molecular formula is C28H26BrNOS. The van der Waals surface area contributed by atoms with E-state index < -0.39 is 5.92 Å². The first-order valence-corrected chi connectivity index (χ1v) is 12.3. The number of hydrogen-bond donors (Lipinski definition) is 0. The van der Waals surface area contributed by atoms with Gasteiger partial charge in [0.05, 0.1) is 10.4 Å². The van der Waals surface area contributed by atoms with Crippen molar-refractivity contribution < 1.29 is 4.79 Å². The first-order chi connectivity index (χ1) is 15.7. The quantitative estimate of drug-likeness (QED) is 0.200. The fourth-order valence-electron chi connectivity index (χ4n) is 4.25. The molecule has 1 saturated heterocycles. The average molecular weight is 504 g/mol. The van der Waals surface area contributed by atoms with E-state index in [9.17, 15) is 4.79 Å². The summed E-state index contributed by atoms with van der Waals surface area (Å²) in [6.07, 6.45) is 3.53. The van der Waals surface area contributed by atoms with E-state index in [0.29, 0.717) is 5.56 Å². The Morgan fingerprint density at radius 2 is 1.25 bits per heavy atom. The van der Waals surface area contributed by atoms with E-state index >= 15 is 0 Å². The van der Waals surface area contributed by atoms with Crippen LogP contribution >= 0.6 is 28.1 Å². The number of carbonyl (C=O) groups excluding carboxylic acids is 1. The van der Waals surface area contributed by atoms with Crippen LogP contribution in [0.1, 0.15) is 46.7 Å². The minimum absolute atomic E-state index is 0.0639. The fraction of sp³-hybridized carbons (Fsp3) is 0.214. The van der Waals surface area contributed by atoms with E-state index in [1.807, 2.05) is 78.9 Å². The van der Waals surface area contributed by atoms with Crippen LogP contribution in [0.5, 0.6) is 0 Å². The molecule has 3 aromatic rings. The van der Waals surface area contributed by atoms with Gasteiger partial charge >= 0.3 is 0 Å². The number of halogens is 1. The molecule has 0 aromatic heterocycles. The lowest BCUT2D eigenvalue weighted by molar-refractivity contribution is 0.0979. The zero-order chi connectivity index (χ0) is 22.3. The maximum absolute atomic E-state index is 14.0. The molecule has 0 N–H and O–H groups in total. The van der Waals surface area contributed by atoms with Crippen LogP contribution in [-0.4, -0.2) is 28.8 Å². The molecule has 0 radical (unpaired) electrons. The van der Waals surface area contributed by atoms with Crippen LogP contribution < -0.4 is 0 Å². The van der Waals surface area contributed by atoms with Crippen molar-refractivity contribution >= 4 is 44.5 Å². The molecular weight excluding hydrogens is 478 g/mol. The first kappa shape index (κ1) is 22.6. The molecule has 2 nitrogen and oxygen atoms in total. The third-order valence-electron chi connectivity index (χ3n) is 5.89. The molecule has 1 atom stereocenters. The van der Waals surface area contributed by atoms with E-state index in [4.69, 9.17) is 12.2 Å². The van der Waals surface area contributed by atoms with Gasteiger partial charge in [-0.25, -0.2) is 0 Å². The minimum Gasteiger partial charge on any atom is -0.362 e. The van der Waals surface area contributed by atoms with Gasteiger partial charge in [-0.2, -0.15) is 0 Å². The highest BCUT2D eigenvalue weighted by molar-refractivity contribution is 9.12. The van der Waals surface area contributed by atoms with Crippen LogP contribution in [0.15, 0.2) is 95.5 Å². The molecule has 4 rings (SSSR count). The van der Waals surface area contributed by atoms with Crippen molar-refractivity contribution in [1.82, 2.24) is 4.90 Å². The number of ketones is 1. The highest BCUT2D eigenvalue weighted by Crippen LogP contribution is 2.40. The number of thiocarbonyl (C=S) groups is 1. The normalized spacial score (nSPS) is 15.6. The second-order valence-electron chi connectivity index (χ2n) is 8.02. The smallest absolute Gasteiger partial charge is 0.174 e. The zero-order valence-electron chi connectivity index (χ0n) is 17.9. The van der Waals surface area contributed by atoms with Crippen molar-refractivity contribution in [3.63, 3.8) is 0 Å². The fourth-order valence-corrected chi connectivity index (χ4v) is 5.25. The number of benzene rings is 3. The Kier molecular flexibility index (Phi) is 7.67. The molecule has 1 aliphatic heterocycles. The van der Waals surface area contributed by atoms with Gasteiger partial charge in [-0.05, 0) is 51.9 Å². The maximum atomic E-state index is 14.0. The Labute approximate surface area is 204 Å². The summed E-state index contributed by atoms with van der Waals surface area (Å²) in [6, 6.07) is 29.7. The molecule has 0 bridgehead atoms. The van der Waals surface area contributed by atoms with Gasteiger partial charge < -0.3 is 4.90 Å². The predicted molar refractivity (Wildman–Crippen MR) is 140 cm³/mol. The number of rotatable bonds is 6. The zero-order valence-corrected chi connectivity index (χ0v) is 20.3. The van der Waals surface area contributed by atoms with E-state index in [1.54, 1.807) is 0 Å². The van der Waals surface area contributed by atoms with Gasteiger partial charge in [0.25, 0.3) is 0 Å². The van der Waals surface area contributed by atoms with Crippen LogP contribution in [-0.2, 0) is 0 Å². The van der Waals surface area contributed by atoms with Crippen molar-refractivity contribution in [2.45, 2.75) is 25.2 Å². The number of likely N-dealkylation sites (tertiary alicyclic amines) is 1. The second-order valence-corrected chi connectivity index (χ2v) is 9.20. The SMILES string of the molecule is O=C(c1ccccc1)C(/C(=C(/Br)C(=S)N1CCCCC1)c1ccccc1)c1ccccc1. The maximum Gasteiger partial charge on any atom is 0.174 e. The lowest BCUT2D eigenvalue weighted by Crippen LogP contribution is -2.35. The van der Waals surface area contributed by atoms with Crippen LogP contribution in [0, 0.1) is 0 Å². The Hall–Kier alpha value is -2.56. The van der Waals surface area contributed by atoms with Gasteiger partial charge in [-0.15, -0.1) is 0 Å². The lowest BCUT2D eigenvalue weighted by atomic mass is 9.81. The van der Waals surface area contributed by atoms with Gasteiger partial charge in [-0.1, -0.05) is 103 Å². The lowest BCUT2D eigenvalue weighted by Gasteiger charge is -2.31. The molecule has 1 unspecified atom stereocenters. The van der Waals surface area contributed by atoms with E-state index in [1.165, 1.54) is 6.42 Å². The Balaban J connectivity index is 1.89. The number of Topliss-reactive ketones (excluding diaryl/α,β-unsaturated/α-hetero) is 1. The Morgan fingerprint density at radius 1 is 0.750 bits per heavy atom. The molecule has 0 aliphatic carbocycles. The Bertz CT molecular complexity index is 1090. The first-order valence-electron chi connectivity index (χ1n) is 11.1. The topological polar surface area (TPSA) is 20.3 Å². The largest absolute Gasteiger partial charge is 0.362 e. The molecule has 0 spiro atoms. The molecule has 3 aromatic carbocycles. The highest BCUT2D eigenvalue weighted by Gasteiger charge is 2.31. The summed E-state index contributed by atoms with van der Waals surface area (Å²) in [4.78, 5) is 17.0. The van der Waals surface area contributed by atoms with Gasteiger partial charge in [0, 0.05) is 18.7 Å². The predicted octanol–water partition coefficient (Wildman–Crippen LogP) is 7.27. The molecule has 0 amide bonds. The summed E-state index contributed by atoms with van der Waals surface area (Å²) in [6.45, 7) is 1.91. The number of hydrogen-bond acceptors (Lipinski definition) is 2. The summed E-state index contributed by atoms with van der Waals surface area (Å²) >= 11 is 9.82. The van der Waals surface area contributed by atoms with Crippen LogP contribution in [0.3, 0.4) is 0 Å². The van der Waals surface area contributed by atoms with Crippen LogP contribution in [0.25, 0.3) is 5.57 Å². The molecule has 1 aliphatic rings. The van der Waals surface area contributed by atoms with E-state index in [-0.39, 0.29) is 5.78 Å². The molecule has 1 heterocycles. The molecule has 32 heavy (non-hydrogen) atoms. The average Bonchev–Trinajstić information content (AvgIpc) is 2.88. The number of piperidine rings is 1. The number of nitrogens with zero attached hydrogens (tertiary/aromatic N) is 1. The van der Waals surface area contributed by atoms with Gasteiger partial charge in [-0.3, -0.25) is 4.79 Å². The van der Waals surface area contributed by atoms with Crippen LogP contribution in [0.4, 0.5) is 0 Å². The van der Waals surface area contributed by atoms with Crippen LogP contribution in [0.2, 0.25) is 0 Å². The summed E-state index contributed by atoms with van der Waals surface area (Å²) in [7, 11) is 0. The molecule has 1 fully saturated rings. The monoisotopic (exact) mass is 503 g/mol. The standard InChI is InChI=1S/C28H26BrNOS/c29-26(28(32)30-19-11-4-12-20-30)24(21-13-5-1-6-14-21)25(22-15-7-2-8-16-22)27(31)23-17-9-3-10-18-23/h1-3,5-10,13-18,25H,4,11-12,19-20H2/b26-24+. The highest BCUT2D eigenvalue weighted by atomic mass is 79.9. The van der Waals surface area contributed by atoms with E-state index in [2.05, 4.69) is 33.0 Å². The van der Waals surface area contributed by atoms with Crippen molar-refractivity contribution in [2.75, 3.05) is 13.1 Å². The molecule has 0 saturated carbocycles. The molecule has 4 heteroatoms. The van der Waals surface area contributed by atoms with Gasteiger partial charge in [0.15, 0.2) is 5.78 Å². The van der Waals surface area contributed by atoms with Crippen molar-refractivity contribution in [2.24, 2.45) is 0 Å². The summed E-state index contributed by atoms with van der Waals surface area (Å²) in [5.41, 5.74) is 3.57. The van der Waals surface area contributed by atoms with Gasteiger partial charge in [0.1, 0.15) is 4.99 Å².